The maximum absolute atomic E-state index is 11.5. The highest BCUT2D eigenvalue weighted by molar-refractivity contribution is 14.0. The molecule has 0 aliphatic rings. The number of carbonyl (C=O) groups is 1. The molecule has 0 fully saturated rings. The molecule has 9 heteroatoms. The standard InChI is InChI=1S/C15H27N5O2S.HI/c1-10-12(23-11(2)20-10)9-19-13(16-6)17-7-8-18-14(21)22-15(3,4)5;/h7-9H2,1-6H3,(H,18,21)(H2,16,17,19);1H. The number of aromatic nitrogens is 1. The van der Waals surface area contributed by atoms with E-state index in [1.165, 1.54) is 4.88 Å². The highest BCUT2D eigenvalue weighted by atomic mass is 127. The topological polar surface area (TPSA) is 87.6 Å². The summed E-state index contributed by atoms with van der Waals surface area (Å²) in [6.07, 6.45) is -0.419. The molecule has 0 aliphatic carbocycles. The maximum atomic E-state index is 11.5. The van der Waals surface area contributed by atoms with Gasteiger partial charge in [0.05, 0.1) is 17.2 Å². The van der Waals surface area contributed by atoms with E-state index in [-0.39, 0.29) is 24.0 Å². The van der Waals surface area contributed by atoms with Gasteiger partial charge in [-0.2, -0.15) is 0 Å². The summed E-state index contributed by atoms with van der Waals surface area (Å²) in [6, 6.07) is 0. The van der Waals surface area contributed by atoms with Gasteiger partial charge in [-0.15, -0.1) is 35.3 Å². The van der Waals surface area contributed by atoms with Crippen molar-refractivity contribution in [2.75, 3.05) is 20.1 Å². The number of rotatable bonds is 5. The Hall–Kier alpha value is -1.10. The number of nitrogens with zero attached hydrogens (tertiary/aromatic N) is 2. The van der Waals surface area contributed by atoms with Crippen molar-refractivity contribution in [2.45, 2.75) is 46.8 Å². The third-order valence-corrected chi connectivity index (χ3v) is 3.80. The molecule has 0 saturated heterocycles. The van der Waals surface area contributed by atoms with Crippen molar-refractivity contribution in [1.29, 1.82) is 0 Å². The minimum atomic E-state index is -0.486. The predicted molar refractivity (Wildman–Crippen MR) is 109 cm³/mol. The lowest BCUT2D eigenvalue weighted by Crippen LogP contribution is -2.42. The monoisotopic (exact) mass is 469 g/mol. The molecule has 0 atom stereocenters. The number of halogens is 1. The van der Waals surface area contributed by atoms with Crippen LogP contribution in [0.15, 0.2) is 4.99 Å². The zero-order chi connectivity index (χ0) is 17.5. The number of thiazole rings is 1. The number of guanidine groups is 1. The van der Waals surface area contributed by atoms with E-state index >= 15 is 0 Å². The number of nitrogens with one attached hydrogen (secondary N) is 3. The lowest BCUT2D eigenvalue weighted by atomic mass is 10.2. The molecule has 0 radical (unpaired) electrons. The Morgan fingerprint density at radius 1 is 1.21 bits per heavy atom. The molecule has 0 unspecified atom stereocenters. The van der Waals surface area contributed by atoms with Gasteiger partial charge >= 0.3 is 6.09 Å². The van der Waals surface area contributed by atoms with Gasteiger partial charge in [-0.1, -0.05) is 0 Å². The fourth-order valence-corrected chi connectivity index (χ4v) is 2.66. The summed E-state index contributed by atoms with van der Waals surface area (Å²) >= 11 is 1.67. The van der Waals surface area contributed by atoms with E-state index in [9.17, 15) is 4.79 Å². The smallest absolute Gasteiger partial charge is 0.407 e. The van der Waals surface area contributed by atoms with Gasteiger partial charge in [0.2, 0.25) is 0 Å². The highest BCUT2D eigenvalue weighted by Crippen LogP contribution is 2.16. The number of carbonyl (C=O) groups excluding carboxylic acids is 1. The molecule has 24 heavy (non-hydrogen) atoms. The zero-order valence-corrected chi connectivity index (χ0v) is 18.3. The Kier molecular flexibility index (Phi) is 10.2. The molecule has 0 saturated carbocycles. The zero-order valence-electron chi connectivity index (χ0n) is 15.1. The van der Waals surface area contributed by atoms with Gasteiger partial charge in [0.15, 0.2) is 5.96 Å². The number of ether oxygens (including phenoxy) is 1. The molecule has 1 aromatic rings. The second-order valence-corrected chi connectivity index (χ2v) is 7.31. The Bertz CT molecular complexity index is 555. The van der Waals surface area contributed by atoms with Crippen molar-refractivity contribution in [3.8, 4) is 0 Å². The Morgan fingerprint density at radius 2 is 1.83 bits per heavy atom. The van der Waals surface area contributed by atoms with E-state index in [0.29, 0.717) is 25.6 Å². The van der Waals surface area contributed by atoms with Crippen LogP contribution in [0.25, 0.3) is 0 Å². The lowest BCUT2D eigenvalue weighted by molar-refractivity contribution is 0.0529. The van der Waals surface area contributed by atoms with E-state index in [1.807, 2.05) is 34.6 Å². The molecular weight excluding hydrogens is 441 g/mol. The van der Waals surface area contributed by atoms with Crippen LogP contribution in [0.4, 0.5) is 4.79 Å². The fraction of sp³-hybridized carbons (Fsp3) is 0.667. The van der Waals surface area contributed by atoms with Gasteiger partial charge in [0, 0.05) is 25.0 Å². The molecule has 1 heterocycles. The Labute approximate surface area is 165 Å². The summed E-state index contributed by atoms with van der Waals surface area (Å²) in [5.41, 5.74) is 0.557. The van der Waals surface area contributed by atoms with Crippen LogP contribution in [0.5, 0.6) is 0 Å². The first-order valence-electron chi connectivity index (χ1n) is 7.55. The van der Waals surface area contributed by atoms with E-state index in [1.54, 1.807) is 18.4 Å². The summed E-state index contributed by atoms with van der Waals surface area (Å²) < 4.78 is 5.16. The van der Waals surface area contributed by atoms with Crippen LogP contribution in [-0.2, 0) is 11.3 Å². The normalized spacial score (nSPS) is 11.5. The second-order valence-electron chi connectivity index (χ2n) is 6.02. The average Bonchev–Trinajstić information content (AvgIpc) is 2.74. The van der Waals surface area contributed by atoms with E-state index < -0.39 is 11.7 Å². The number of aliphatic imine (C=N–C) groups is 1. The van der Waals surface area contributed by atoms with E-state index in [4.69, 9.17) is 4.74 Å². The lowest BCUT2D eigenvalue weighted by Gasteiger charge is -2.19. The minimum Gasteiger partial charge on any atom is -0.444 e. The molecule has 0 aromatic carbocycles. The molecule has 0 bridgehead atoms. The average molecular weight is 469 g/mol. The van der Waals surface area contributed by atoms with Crippen LogP contribution in [-0.4, -0.2) is 42.8 Å². The summed E-state index contributed by atoms with van der Waals surface area (Å²) in [4.78, 5) is 21.2. The number of hydrogen-bond donors (Lipinski definition) is 3. The van der Waals surface area contributed by atoms with Gasteiger partial charge in [0.1, 0.15) is 5.60 Å². The third kappa shape index (κ3) is 9.26. The maximum Gasteiger partial charge on any atom is 0.407 e. The molecule has 0 spiro atoms. The van der Waals surface area contributed by atoms with Crippen LogP contribution in [0.1, 0.15) is 36.3 Å². The van der Waals surface area contributed by atoms with Crippen molar-refractivity contribution >= 4 is 47.4 Å². The van der Waals surface area contributed by atoms with Crippen LogP contribution in [0.2, 0.25) is 0 Å². The summed E-state index contributed by atoms with van der Waals surface area (Å²) in [5.74, 6) is 0.682. The number of hydrogen-bond acceptors (Lipinski definition) is 5. The van der Waals surface area contributed by atoms with Gasteiger partial charge in [-0.05, 0) is 34.6 Å². The SMILES string of the molecule is CN=C(NCCNC(=O)OC(C)(C)C)NCc1sc(C)nc1C.I. The van der Waals surface area contributed by atoms with E-state index in [0.717, 1.165) is 10.7 Å². The van der Waals surface area contributed by atoms with Crippen molar-refractivity contribution in [3.63, 3.8) is 0 Å². The van der Waals surface area contributed by atoms with Crippen molar-refractivity contribution < 1.29 is 9.53 Å². The fourth-order valence-electron chi connectivity index (χ4n) is 1.78. The number of alkyl carbamates (subject to hydrolysis) is 1. The summed E-state index contributed by atoms with van der Waals surface area (Å²) in [7, 11) is 1.71. The molecule has 1 rings (SSSR count). The van der Waals surface area contributed by atoms with Gasteiger partial charge in [-0.3, -0.25) is 4.99 Å². The third-order valence-electron chi connectivity index (χ3n) is 2.73. The largest absolute Gasteiger partial charge is 0.444 e. The van der Waals surface area contributed by atoms with E-state index in [2.05, 4.69) is 25.9 Å². The molecular formula is C15H28IN5O2S. The molecule has 3 N–H and O–H groups in total. The number of aryl methyl sites for hydroxylation is 2. The van der Waals surface area contributed by atoms with Crippen LogP contribution >= 0.6 is 35.3 Å². The number of amides is 1. The predicted octanol–water partition coefficient (Wildman–Crippen LogP) is 2.57. The second kappa shape index (κ2) is 10.7. The molecule has 7 nitrogen and oxygen atoms in total. The molecule has 1 amide bonds. The molecule has 1 aromatic heterocycles. The van der Waals surface area contributed by atoms with Crippen molar-refractivity contribution in [3.05, 3.63) is 15.6 Å². The highest BCUT2D eigenvalue weighted by Gasteiger charge is 2.15. The summed E-state index contributed by atoms with van der Waals surface area (Å²) in [6.45, 7) is 11.2. The van der Waals surface area contributed by atoms with Gasteiger partial charge < -0.3 is 20.7 Å². The summed E-state index contributed by atoms with van der Waals surface area (Å²) in [5, 5.41) is 10.1. The van der Waals surface area contributed by atoms with Crippen molar-refractivity contribution in [2.24, 2.45) is 4.99 Å². The van der Waals surface area contributed by atoms with Gasteiger partial charge in [0.25, 0.3) is 0 Å². The first kappa shape index (κ1) is 22.9. The minimum absolute atomic E-state index is 0. The Morgan fingerprint density at radius 3 is 2.33 bits per heavy atom. The van der Waals surface area contributed by atoms with Crippen LogP contribution in [0.3, 0.4) is 0 Å². The quantitative estimate of drug-likeness (QED) is 0.267. The van der Waals surface area contributed by atoms with Gasteiger partial charge in [-0.25, -0.2) is 9.78 Å². The first-order valence-corrected chi connectivity index (χ1v) is 8.37. The Balaban J connectivity index is 0.00000529. The first-order chi connectivity index (χ1) is 10.7. The molecule has 138 valence electrons. The molecule has 0 aliphatic heterocycles. The van der Waals surface area contributed by atoms with Crippen molar-refractivity contribution in [1.82, 2.24) is 20.9 Å². The van der Waals surface area contributed by atoms with Crippen LogP contribution in [0, 0.1) is 13.8 Å². The van der Waals surface area contributed by atoms with Crippen LogP contribution < -0.4 is 16.0 Å².